The van der Waals surface area contributed by atoms with Gasteiger partial charge in [-0.15, -0.1) is 0 Å². The molecule has 2 atom stereocenters. The van der Waals surface area contributed by atoms with Crippen molar-refractivity contribution in [3.8, 4) is 11.1 Å². The number of aliphatic carboxylic acids is 1. The third-order valence-corrected chi connectivity index (χ3v) is 6.77. The van der Waals surface area contributed by atoms with Crippen molar-refractivity contribution in [2.45, 2.75) is 50.6 Å². The number of carbonyl (C=O) groups is 3. The Bertz CT molecular complexity index is 967. The highest BCUT2D eigenvalue weighted by Gasteiger charge is 2.29. The normalized spacial score (nSPS) is 13.9. The second-order valence-corrected chi connectivity index (χ2v) is 9.34. The van der Waals surface area contributed by atoms with Gasteiger partial charge in [-0.3, -0.25) is 4.79 Å². The highest BCUT2D eigenvalue weighted by atomic mass is 32.2. The Morgan fingerprint density at radius 2 is 1.62 bits per heavy atom. The van der Waals surface area contributed by atoms with Crippen molar-refractivity contribution in [3.63, 3.8) is 0 Å². The Morgan fingerprint density at radius 3 is 2.18 bits per heavy atom. The molecule has 0 bridgehead atoms. The number of rotatable bonds is 12. The van der Waals surface area contributed by atoms with Gasteiger partial charge in [0.05, 0.1) is 0 Å². The molecule has 0 heterocycles. The average Bonchev–Trinajstić information content (AvgIpc) is 3.16. The predicted octanol–water partition coefficient (Wildman–Crippen LogP) is 4.41. The van der Waals surface area contributed by atoms with E-state index in [1.54, 1.807) is 0 Å². The van der Waals surface area contributed by atoms with Crippen molar-refractivity contribution in [2.75, 3.05) is 18.6 Å². The van der Waals surface area contributed by atoms with Crippen LogP contribution in [0.15, 0.2) is 48.5 Å². The SMILES string of the molecule is CCC(CCC(=O)N[C@@H](CCSC)C(=O)O)NC(=O)OCC1c2ccccc2-c2ccccc21. The number of carboxylic acids is 1. The fraction of sp³-hybridized carbons (Fsp3) is 0.423. The van der Waals surface area contributed by atoms with Gasteiger partial charge < -0.3 is 20.5 Å². The topological polar surface area (TPSA) is 105 Å². The number of nitrogens with one attached hydrogen (secondary N) is 2. The zero-order valence-electron chi connectivity index (χ0n) is 19.6. The lowest BCUT2D eigenvalue weighted by molar-refractivity contribution is -0.141. The van der Waals surface area contributed by atoms with Gasteiger partial charge in [0.2, 0.25) is 5.91 Å². The Labute approximate surface area is 204 Å². The summed E-state index contributed by atoms with van der Waals surface area (Å²) >= 11 is 1.53. The summed E-state index contributed by atoms with van der Waals surface area (Å²) < 4.78 is 5.59. The predicted molar refractivity (Wildman–Crippen MR) is 134 cm³/mol. The second-order valence-electron chi connectivity index (χ2n) is 8.35. The highest BCUT2D eigenvalue weighted by Crippen LogP contribution is 2.44. The van der Waals surface area contributed by atoms with E-state index in [-0.39, 0.29) is 30.9 Å². The number of benzene rings is 2. The molecule has 3 N–H and O–H groups in total. The highest BCUT2D eigenvalue weighted by molar-refractivity contribution is 7.98. The van der Waals surface area contributed by atoms with Gasteiger partial charge in [0.1, 0.15) is 12.6 Å². The van der Waals surface area contributed by atoms with Gasteiger partial charge in [-0.25, -0.2) is 9.59 Å². The molecule has 0 aromatic heterocycles. The van der Waals surface area contributed by atoms with Crippen LogP contribution in [0.2, 0.25) is 0 Å². The minimum Gasteiger partial charge on any atom is -0.480 e. The van der Waals surface area contributed by atoms with E-state index in [1.165, 1.54) is 22.9 Å². The summed E-state index contributed by atoms with van der Waals surface area (Å²) in [6.07, 6.45) is 2.91. The second kappa shape index (κ2) is 12.5. The van der Waals surface area contributed by atoms with E-state index < -0.39 is 18.1 Å². The molecular weight excluding hydrogens is 452 g/mol. The van der Waals surface area contributed by atoms with E-state index in [0.717, 1.165) is 11.1 Å². The standard InChI is InChI=1S/C26H32N2O5S/c1-3-17(12-13-24(29)28-23(25(30)31)14-15-34-2)27-26(32)33-16-22-20-10-6-4-8-18(20)19-9-5-7-11-21(19)22/h4-11,17,22-23H,3,12-16H2,1-2H3,(H,27,32)(H,28,29)(H,30,31)/t17?,23-/m0/s1. The number of ether oxygens (including phenoxy) is 1. The number of carboxylic acid groups (broad SMARTS) is 1. The number of hydrogen-bond donors (Lipinski definition) is 3. The summed E-state index contributed by atoms with van der Waals surface area (Å²) in [4.78, 5) is 36.1. The number of carbonyl (C=O) groups excluding carboxylic acids is 2. The maximum Gasteiger partial charge on any atom is 0.407 e. The monoisotopic (exact) mass is 484 g/mol. The van der Waals surface area contributed by atoms with Crippen LogP contribution in [0.4, 0.5) is 4.79 Å². The summed E-state index contributed by atoms with van der Waals surface area (Å²) in [6, 6.07) is 15.2. The molecule has 0 fully saturated rings. The van der Waals surface area contributed by atoms with E-state index in [0.29, 0.717) is 25.0 Å². The first-order chi connectivity index (χ1) is 16.4. The summed E-state index contributed by atoms with van der Waals surface area (Å²) in [6.45, 7) is 2.15. The lowest BCUT2D eigenvalue weighted by Gasteiger charge is -2.19. The zero-order valence-corrected chi connectivity index (χ0v) is 20.4. The number of amides is 2. The fourth-order valence-electron chi connectivity index (χ4n) is 4.25. The maximum absolute atomic E-state index is 12.5. The molecule has 1 aliphatic carbocycles. The third kappa shape index (κ3) is 6.53. The van der Waals surface area contributed by atoms with Gasteiger partial charge in [-0.1, -0.05) is 55.5 Å². The quantitative estimate of drug-likeness (QED) is 0.412. The fourth-order valence-corrected chi connectivity index (χ4v) is 4.72. The summed E-state index contributed by atoms with van der Waals surface area (Å²) in [7, 11) is 0. The number of thioether (sulfide) groups is 1. The molecule has 1 aliphatic rings. The average molecular weight is 485 g/mol. The molecule has 3 rings (SSSR count). The first-order valence-electron chi connectivity index (χ1n) is 11.6. The smallest absolute Gasteiger partial charge is 0.407 e. The van der Waals surface area contributed by atoms with Gasteiger partial charge in [-0.2, -0.15) is 11.8 Å². The number of fused-ring (bicyclic) bond motifs is 3. The molecule has 2 amide bonds. The van der Waals surface area contributed by atoms with E-state index in [4.69, 9.17) is 4.74 Å². The summed E-state index contributed by atoms with van der Waals surface area (Å²) in [5.74, 6) is -0.733. The molecule has 8 heteroatoms. The van der Waals surface area contributed by atoms with Gasteiger partial charge in [0.15, 0.2) is 0 Å². The Hall–Kier alpha value is -3.00. The lowest BCUT2D eigenvalue weighted by Crippen LogP contribution is -2.42. The van der Waals surface area contributed by atoms with Gasteiger partial charge in [0.25, 0.3) is 0 Å². The molecule has 0 saturated carbocycles. The van der Waals surface area contributed by atoms with E-state index in [1.807, 2.05) is 37.4 Å². The first kappa shape index (κ1) is 25.6. The van der Waals surface area contributed by atoms with Crippen molar-refractivity contribution < 1.29 is 24.2 Å². The molecule has 0 spiro atoms. The molecule has 0 saturated heterocycles. The van der Waals surface area contributed by atoms with Crippen LogP contribution < -0.4 is 10.6 Å². The van der Waals surface area contributed by atoms with Crippen molar-refractivity contribution in [1.82, 2.24) is 10.6 Å². The molecular formula is C26H32N2O5S. The van der Waals surface area contributed by atoms with Crippen LogP contribution in [0.3, 0.4) is 0 Å². The van der Waals surface area contributed by atoms with Crippen molar-refractivity contribution in [3.05, 3.63) is 59.7 Å². The van der Waals surface area contributed by atoms with Crippen LogP contribution >= 0.6 is 11.8 Å². The van der Waals surface area contributed by atoms with Crippen LogP contribution in [-0.4, -0.2) is 53.8 Å². The van der Waals surface area contributed by atoms with Crippen LogP contribution in [0.25, 0.3) is 11.1 Å². The minimum atomic E-state index is -1.04. The first-order valence-corrected chi connectivity index (χ1v) is 13.0. The molecule has 34 heavy (non-hydrogen) atoms. The van der Waals surface area contributed by atoms with E-state index >= 15 is 0 Å². The molecule has 2 aromatic rings. The van der Waals surface area contributed by atoms with E-state index in [2.05, 4.69) is 34.9 Å². The number of hydrogen-bond acceptors (Lipinski definition) is 5. The zero-order chi connectivity index (χ0) is 24.5. The molecule has 0 radical (unpaired) electrons. The molecule has 0 aliphatic heterocycles. The minimum absolute atomic E-state index is 0.0155. The lowest BCUT2D eigenvalue weighted by atomic mass is 9.98. The molecule has 7 nitrogen and oxygen atoms in total. The molecule has 182 valence electrons. The summed E-state index contributed by atoms with van der Waals surface area (Å²) in [5, 5.41) is 14.7. The maximum atomic E-state index is 12.5. The van der Waals surface area contributed by atoms with Gasteiger partial charge in [0, 0.05) is 18.4 Å². The van der Waals surface area contributed by atoms with Crippen LogP contribution in [0, 0.1) is 0 Å². The summed E-state index contributed by atoms with van der Waals surface area (Å²) in [5.41, 5.74) is 4.63. The Kier molecular flexibility index (Phi) is 9.39. The largest absolute Gasteiger partial charge is 0.480 e. The molecule has 2 aromatic carbocycles. The van der Waals surface area contributed by atoms with Crippen LogP contribution in [0.5, 0.6) is 0 Å². The number of alkyl carbamates (subject to hydrolysis) is 1. The van der Waals surface area contributed by atoms with Gasteiger partial charge in [-0.05, 0) is 53.5 Å². The van der Waals surface area contributed by atoms with Crippen LogP contribution in [-0.2, 0) is 14.3 Å². The van der Waals surface area contributed by atoms with Crippen molar-refractivity contribution in [2.24, 2.45) is 0 Å². The Balaban J connectivity index is 1.49. The van der Waals surface area contributed by atoms with Crippen LogP contribution in [0.1, 0.15) is 49.7 Å². The Morgan fingerprint density at radius 1 is 1.00 bits per heavy atom. The van der Waals surface area contributed by atoms with Gasteiger partial charge >= 0.3 is 12.1 Å². The van der Waals surface area contributed by atoms with E-state index in [9.17, 15) is 19.5 Å². The third-order valence-electron chi connectivity index (χ3n) is 6.12. The molecule has 1 unspecified atom stereocenters. The van der Waals surface area contributed by atoms with Crippen molar-refractivity contribution >= 4 is 29.7 Å². The van der Waals surface area contributed by atoms with Crippen molar-refractivity contribution in [1.29, 1.82) is 0 Å².